The van der Waals surface area contributed by atoms with Gasteiger partial charge in [-0.2, -0.15) is 13.2 Å². The Morgan fingerprint density at radius 3 is 2.39 bits per heavy atom. The summed E-state index contributed by atoms with van der Waals surface area (Å²) in [6, 6.07) is 15.4. The van der Waals surface area contributed by atoms with Crippen molar-refractivity contribution in [3.8, 4) is 16.9 Å². The number of amides is 1. The number of hydrogen-bond donors (Lipinski definition) is 1. The van der Waals surface area contributed by atoms with Gasteiger partial charge in [0.05, 0.1) is 12.7 Å². The van der Waals surface area contributed by atoms with Crippen LogP contribution < -0.4 is 10.1 Å². The van der Waals surface area contributed by atoms with E-state index >= 15 is 0 Å². The van der Waals surface area contributed by atoms with Crippen LogP contribution in [-0.2, 0) is 12.7 Å². The number of methoxy groups -OCH3 is 1. The summed E-state index contributed by atoms with van der Waals surface area (Å²) in [5.41, 5.74) is 0.317. The summed E-state index contributed by atoms with van der Waals surface area (Å²) in [5, 5.41) is 2.53. The Morgan fingerprint density at radius 1 is 1.04 bits per heavy atom. The maximum atomic E-state index is 13.6. The molecule has 0 unspecified atom stereocenters. The second-order valence-electron chi connectivity index (χ2n) is 5.96. The summed E-state index contributed by atoms with van der Waals surface area (Å²) in [5.74, 6) is 0.0546. The van der Waals surface area contributed by atoms with Gasteiger partial charge in [0, 0.05) is 12.7 Å². The molecule has 144 valence electrons. The topological polar surface area (TPSA) is 51.2 Å². The Bertz CT molecular complexity index is 956. The molecule has 1 N–H and O–H groups in total. The van der Waals surface area contributed by atoms with Crippen molar-refractivity contribution in [2.75, 3.05) is 7.11 Å². The predicted octanol–water partition coefficient (Wildman–Crippen LogP) is 4.71. The van der Waals surface area contributed by atoms with Crippen LogP contribution in [-0.4, -0.2) is 18.0 Å². The molecular weight excluding hydrogens is 369 g/mol. The van der Waals surface area contributed by atoms with Gasteiger partial charge in [0.25, 0.3) is 5.91 Å². The van der Waals surface area contributed by atoms with Gasteiger partial charge in [0.2, 0.25) is 0 Å². The lowest BCUT2D eigenvalue weighted by Crippen LogP contribution is -2.25. The predicted molar refractivity (Wildman–Crippen MR) is 98.8 cm³/mol. The van der Waals surface area contributed by atoms with Crippen molar-refractivity contribution in [1.29, 1.82) is 0 Å². The number of hydrogen-bond acceptors (Lipinski definition) is 3. The van der Waals surface area contributed by atoms with Crippen molar-refractivity contribution in [3.63, 3.8) is 0 Å². The molecule has 1 heterocycles. The van der Waals surface area contributed by atoms with Gasteiger partial charge in [-0.05, 0) is 47.0 Å². The Balaban J connectivity index is 1.97. The number of pyridine rings is 1. The van der Waals surface area contributed by atoms with E-state index in [1.54, 1.807) is 42.5 Å². The summed E-state index contributed by atoms with van der Waals surface area (Å²) in [7, 11) is 1.51. The number of nitrogens with one attached hydrogen (secondary N) is 1. The molecule has 0 saturated heterocycles. The second kappa shape index (κ2) is 8.12. The number of aromatic nitrogens is 1. The SMILES string of the molecule is COc1ccc(-c2cccc(C(F)(F)F)c2CNC(=O)c2ccccn2)cc1. The summed E-state index contributed by atoms with van der Waals surface area (Å²) in [4.78, 5) is 16.2. The summed E-state index contributed by atoms with van der Waals surface area (Å²) < 4.78 is 45.8. The van der Waals surface area contributed by atoms with Crippen molar-refractivity contribution in [1.82, 2.24) is 10.3 Å². The zero-order chi connectivity index (χ0) is 20.1. The number of alkyl halides is 3. The first-order valence-corrected chi connectivity index (χ1v) is 8.43. The van der Waals surface area contributed by atoms with Crippen LogP contribution in [0.5, 0.6) is 5.75 Å². The lowest BCUT2D eigenvalue weighted by atomic mass is 9.94. The van der Waals surface area contributed by atoms with E-state index in [1.165, 1.54) is 25.4 Å². The average Bonchev–Trinajstić information content (AvgIpc) is 2.71. The third-order valence-electron chi connectivity index (χ3n) is 4.21. The summed E-state index contributed by atoms with van der Waals surface area (Å²) in [6.07, 6.45) is -3.10. The molecule has 0 bridgehead atoms. The van der Waals surface area contributed by atoms with Crippen molar-refractivity contribution in [3.05, 3.63) is 83.7 Å². The van der Waals surface area contributed by atoms with E-state index in [-0.39, 0.29) is 17.8 Å². The van der Waals surface area contributed by atoms with Crippen LogP contribution in [0.3, 0.4) is 0 Å². The molecule has 0 spiro atoms. The van der Waals surface area contributed by atoms with Crippen LogP contribution in [0, 0.1) is 0 Å². The number of rotatable bonds is 5. The summed E-state index contributed by atoms with van der Waals surface area (Å²) in [6.45, 7) is -0.285. The number of carbonyl (C=O) groups is 1. The van der Waals surface area contributed by atoms with Gasteiger partial charge in [-0.1, -0.05) is 30.3 Å². The minimum atomic E-state index is -4.55. The molecule has 3 rings (SSSR count). The number of ether oxygens (including phenoxy) is 1. The monoisotopic (exact) mass is 386 g/mol. The third kappa shape index (κ3) is 4.31. The highest BCUT2D eigenvalue weighted by Gasteiger charge is 2.34. The van der Waals surface area contributed by atoms with E-state index in [4.69, 9.17) is 4.74 Å². The van der Waals surface area contributed by atoms with Crippen LogP contribution in [0.15, 0.2) is 66.9 Å². The minimum Gasteiger partial charge on any atom is -0.497 e. The Kier molecular flexibility index (Phi) is 5.63. The summed E-state index contributed by atoms with van der Waals surface area (Å²) >= 11 is 0. The second-order valence-corrected chi connectivity index (χ2v) is 5.96. The largest absolute Gasteiger partial charge is 0.497 e. The fourth-order valence-electron chi connectivity index (χ4n) is 2.84. The zero-order valence-corrected chi connectivity index (χ0v) is 15.0. The van der Waals surface area contributed by atoms with E-state index in [1.807, 2.05) is 0 Å². The molecule has 1 aromatic heterocycles. The molecule has 0 fully saturated rings. The maximum absolute atomic E-state index is 13.6. The van der Waals surface area contributed by atoms with Crippen molar-refractivity contribution < 1.29 is 22.7 Å². The average molecular weight is 386 g/mol. The molecular formula is C21H17F3N2O2. The lowest BCUT2D eigenvalue weighted by molar-refractivity contribution is -0.138. The highest BCUT2D eigenvalue weighted by Crippen LogP contribution is 2.37. The van der Waals surface area contributed by atoms with Crippen molar-refractivity contribution >= 4 is 5.91 Å². The Labute approximate surface area is 160 Å². The third-order valence-corrected chi connectivity index (χ3v) is 4.21. The van der Waals surface area contributed by atoms with Gasteiger partial charge in [-0.3, -0.25) is 9.78 Å². The molecule has 0 aliphatic rings. The molecule has 0 saturated carbocycles. The minimum absolute atomic E-state index is 0.00977. The molecule has 4 nitrogen and oxygen atoms in total. The van der Waals surface area contributed by atoms with Crippen LogP contribution in [0.2, 0.25) is 0 Å². The van der Waals surface area contributed by atoms with Crippen LogP contribution in [0.1, 0.15) is 21.6 Å². The highest BCUT2D eigenvalue weighted by molar-refractivity contribution is 5.92. The lowest BCUT2D eigenvalue weighted by Gasteiger charge is -2.18. The molecule has 0 aliphatic heterocycles. The normalized spacial score (nSPS) is 11.1. The fourth-order valence-corrected chi connectivity index (χ4v) is 2.84. The van der Waals surface area contributed by atoms with Gasteiger partial charge in [-0.25, -0.2) is 0 Å². The number of benzene rings is 2. The van der Waals surface area contributed by atoms with Gasteiger partial charge in [0.15, 0.2) is 0 Å². The fraction of sp³-hybridized carbons (Fsp3) is 0.143. The molecule has 0 aliphatic carbocycles. The van der Waals surface area contributed by atoms with E-state index in [9.17, 15) is 18.0 Å². The van der Waals surface area contributed by atoms with Crippen molar-refractivity contribution in [2.45, 2.75) is 12.7 Å². The molecule has 0 atom stereocenters. The first-order valence-electron chi connectivity index (χ1n) is 8.43. The molecule has 1 amide bonds. The molecule has 7 heteroatoms. The van der Waals surface area contributed by atoms with Crippen LogP contribution in [0.25, 0.3) is 11.1 Å². The van der Waals surface area contributed by atoms with E-state index in [0.29, 0.717) is 16.9 Å². The van der Waals surface area contributed by atoms with Gasteiger partial charge in [0.1, 0.15) is 11.4 Å². The Morgan fingerprint density at radius 2 is 1.79 bits per heavy atom. The van der Waals surface area contributed by atoms with Gasteiger partial charge >= 0.3 is 6.18 Å². The molecule has 3 aromatic rings. The van der Waals surface area contributed by atoms with Gasteiger partial charge < -0.3 is 10.1 Å². The van der Waals surface area contributed by atoms with Crippen molar-refractivity contribution in [2.24, 2.45) is 0 Å². The number of carbonyl (C=O) groups excluding carboxylic acids is 1. The number of nitrogens with zero attached hydrogens (tertiary/aromatic N) is 1. The van der Waals surface area contributed by atoms with E-state index in [0.717, 1.165) is 6.07 Å². The number of halogens is 3. The first kappa shape index (κ1) is 19.4. The maximum Gasteiger partial charge on any atom is 0.416 e. The van der Waals surface area contributed by atoms with E-state index < -0.39 is 17.6 Å². The van der Waals surface area contributed by atoms with Crippen LogP contribution in [0.4, 0.5) is 13.2 Å². The molecule has 0 radical (unpaired) electrons. The quantitative estimate of drug-likeness (QED) is 0.691. The zero-order valence-electron chi connectivity index (χ0n) is 15.0. The highest BCUT2D eigenvalue weighted by atomic mass is 19.4. The Hall–Kier alpha value is -3.35. The molecule has 28 heavy (non-hydrogen) atoms. The van der Waals surface area contributed by atoms with E-state index in [2.05, 4.69) is 10.3 Å². The van der Waals surface area contributed by atoms with Crippen LogP contribution >= 0.6 is 0 Å². The van der Waals surface area contributed by atoms with Gasteiger partial charge in [-0.15, -0.1) is 0 Å². The molecule has 2 aromatic carbocycles. The first-order chi connectivity index (χ1) is 13.4. The standard InChI is InChI=1S/C21H17F3N2O2/c1-28-15-10-8-14(9-11-15)16-5-4-6-18(21(22,23)24)17(16)13-26-20(27)19-7-2-3-12-25-19/h2-12H,13H2,1H3,(H,26,27). The smallest absolute Gasteiger partial charge is 0.416 e.